The van der Waals surface area contributed by atoms with Crippen molar-refractivity contribution >= 4 is 35.2 Å². The lowest BCUT2D eigenvalue weighted by molar-refractivity contribution is -0.139. The predicted octanol–water partition coefficient (Wildman–Crippen LogP) is 3.84. The van der Waals surface area contributed by atoms with Gasteiger partial charge in [-0.3, -0.25) is 14.4 Å². The maximum atomic E-state index is 14.1. The fraction of sp³-hybridized carbons (Fsp3) is 0.516. The number of aliphatic hydroxyl groups is 1. The molecule has 3 saturated heterocycles. The fourth-order valence-corrected chi connectivity index (χ4v) is 9.26. The van der Waals surface area contributed by atoms with Gasteiger partial charge in [-0.1, -0.05) is 37.3 Å². The number of carbonyl (C=O) groups excluding carboxylic acids is 3. The summed E-state index contributed by atoms with van der Waals surface area (Å²) in [5.41, 5.74) is 1.65. The lowest BCUT2D eigenvalue weighted by Gasteiger charge is -2.38. The minimum atomic E-state index is -0.652. The molecule has 214 valence electrons. The third kappa shape index (κ3) is 5.21. The number of thioether (sulfide) groups is 1. The lowest BCUT2D eigenvalue weighted by Crippen LogP contribution is -2.56. The van der Waals surface area contributed by atoms with Crippen LogP contribution in [-0.2, 0) is 20.9 Å². The van der Waals surface area contributed by atoms with Crippen molar-refractivity contribution in [2.24, 2.45) is 17.8 Å². The van der Waals surface area contributed by atoms with E-state index in [0.29, 0.717) is 38.2 Å². The average Bonchev–Trinajstić information content (AvgIpc) is 3.55. The Labute approximate surface area is 240 Å². The van der Waals surface area contributed by atoms with E-state index in [2.05, 4.69) is 17.6 Å². The zero-order valence-electron chi connectivity index (χ0n) is 23.2. The number of rotatable bonds is 12. The summed E-state index contributed by atoms with van der Waals surface area (Å²) in [6, 6.07) is 16.4. The van der Waals surface area contributed by atoms with Gasteiger partial charge in [0.25, 0.3) is 0 Å². The van der Waals surface area contributed by atoms with Crippen molar-refractivity contribution in [1.29, 1.82) is 0 Å². The number of carbonyl (C=O) groups is 3. The van der Waals surface area contributed by atoms with Crippen LogP contribution in [0.15, 0.2) is 54.6 Å². The smallest absolute Gasteiger partial charge is 0.244 e. The van der Waals surface area contributed by atoms with Gasteiger partial charge in [0.15, 0.2) is 0 Å². The molecule has 3 fully saturated rings. The van der Waals surface area contributed by atoms with Crippen LogP contribution in [0, 0.1) is 17.8 Å². The van der Waals surface area contributed by atoms with E-state index in [-0.39, 0.29) is 35.5 Å². The van der Waals surface area contributed by atoms with Crippen LogP contribution in [0.3, 0.4) is 0 Å². The van der Waals surface area contributed by atoms with Gasteiger partial charge >= 0.3 is 0 Å². The van der Waals surface area contributed by atoms with Crippen LogP contribution in [0.2, 0.25) is 0 Å². The molecule has 3 heterocycles. The summed E-state index contributed by atoms with van der Waals surface area (Å²) in [4.78, 5) is 43.5. The monoisotopic (exact) mass is 565 g/mol. The first-order valence-electron chi connectivity index (χ1n) is 14.3. The summed E-state index contributed by atoms with van der Waals surface area (Å²) in [7, 11) is 0. The number of ether oxygens (including phenoxy) is 1. The van der Waals surface area contributed by atoms with E-state index >= 15 is 0 Å². The van der Waals surface area contributed by atoms with Gasteiger partial charge in [0, 0.05) is 30.6 Å². The number of nitrogens with one attached hydrogen (secondary N) is 2. The Morgan fingerprint density at radius 2 is 1.82 bits per heavy atom. The van der Waals surface area contributed by atoms with Gasteiger partial charge in [-0.25, -0.2) is 0 Å². The highest BCUT2D eigenvalue weighted by atomic mass is 32.2. The van der Waals surface area contributed by atoms with Gasteiger partial charge in [-0.15, -0.1) is 11.8 Å². The predicted molar refractivity (Wildman–Crippen MR) is 156 cm³/mol. The molecule has 2 aromatic rings. The van der Waals surface area contributed by atoms with Crippen molar-refractivity contribution in [1.82, 2.24) is 10.2 Å². The molecule has 5 rings (SSSR count). The highest BCUT2D eigenvalue weighted by Crippen LogP contribution is 2.68. The molecule has 3 amide bonds. The Hall–Kier alpha value is -3.04. The van der Waals surface area contributed by atoms with Crippen LogP contribution < -0.4 is 15.4 Å². The Balaban J connectivity index is 1.40. The normalized spacial score (nSPS) is 28.4. The van der Waals surface area contributed by atoms with E-state index in [0.717, 1.165) is 24.2 Å². The molecule has 0 aliphatic carbocycles. The van der Waals surface area contributed by atoms with Crippen molar-refractivity contribution in [3.63, 3.8) is 0 Å². The lowest BCUT2D eigenvalue weighted by atomic mass is 9.66. The molecule has 6 atom stereocenters. The number of hydrogen-bond donors (Lipinski definition) is 3. The molecule has 2 aromatic carbocycles. The number of hydrogen-bond acceptors (Lipinski definition) is 6. The second kappa shape index (κ2) is 12.2. The van der Waals surface area contributed by atoms with Crippen LogP contribution in [0.1, 0.15) is 45.1 Å². The molecule has 40 heavy (non-hydrogen) atoms. The molecule has 0 radical (unpaired) electrons. The molecule has 3 N–H and O–H groups in total. The highest BCUT2D eigenvalue weighted by Gasteiger charge is 2.75. The molecule has 3 unspecified atom stereocenters. The molecule has 8 nitrogen and oxygen atoms in total. The Morgan fingerprint density at radius 3 is 2.52 bits per heavy atom. The summed E-state index contributed by atoms with van der Waals surface area (Å²) in [6.07, 6.45) is 2.91. The SMILES string of the molecule is CCOc1ccc(NC(=O)[C@@H]2[C@H]3C(=O)N(CCCCCO)C(C(=O)NCc4ccccc4)C34S[C@@H]2CC4C)cc1. The van der Waals surface area contributed by atoms with E-state index in [9.17, 15) is 19.5 Å². The molecule has 0 saturated carbocycles. The first kappa shape index (κ1) is 28.5. The molecule has 0 aromatic heterocycles. The Bertz CT molecular complexity index is 1210. The quantitative estimate of drug-likeness (QED) is 0.338. The summed E-state index contributed by atoms with van der Waals surface area (Å²) in [5, 5.41) is 15.4. The van der Waals surface area contributed by atoms with Crippen LogP contribution in [0.4, 0.5) is 5.69 Å². The van der Waals surface area contributed by atoms with E-state index in [1.165, 1.54) is 0 Å². The summed E-state index contributed by atoms with van der Waals surface area (Å²) in [5.74, 6) is -0.644. The summed E-state index contributed by atoms with van der Waals surface area (Å²) >= 11 is 1.68. The molecule has 3 aliphatic heterocycles. The Morgan fingerprint density at radius 1 is 1.07 bits per heavy atom. The number of aliphatic hydroxyl groups excluding tert-OH is 1. The summed E-state index contributed by atoms with van der Waals surface area (Å²) in [6.45, 7) is 5.53. The second-order valence-corrected chi connectivity index (χ2v) is 12.6. The number of fused-ring (bicyclic) bond motifs is 1. The van der Waals surface area contributed by atoms with Crippen molar-refractivity contribution in [3.05, 3.63) is 60.2 Å². The number of likely N-dealkylation sites (tertiary alicyclic amines) is 1. The van der Waals surface area contributed by atoms with E-state index in [4.69, 9.17) is 4.74 Å². The van der Waals surface area contributed by atoms with E-state index in [1.54, 1.807) is 16.7 Å². The van der Waals surface area contributed by atoms with Crippen molar-refractivity contribution in [2.45, 2.75) is 62.1 Å². The van der Waals surface area contributed by atoms with Gasteiger partial charge in [-0.05, 0) is 68.4 Å². The van der Waals surface area contributed by atoms with Crippen molar-refractivity contribution in [3.8, 4) is 5.75 Å². The van der Waals surface area contributed by atoms with Gasteiger partial charge < -0.3 is 25.4 Å². The largest absolute Gasteiger partial charge is 0.494 e. The number of amides is 3. The number of anilines is 1. The van der Waals surface area contributed by atoms with Crippen LogP contribution in [-0.4, -0.2) is 63.5 Å². The first-order valence-corrected chi connectivity index (χ1v) is 15.2. The maximum absolute atomic E-state index is 14.1. The second-order valence-electron chi connectivity index (χ2n) is 11.0. The third-order valence-corrected chi connectivity index (χ3v) is 10.7. The topological polar surface area (TPSA) is 108 Å². The summed E-state index contributed by atoms with van der Waals surface area (Å²) < 4.78 is 4.86. The molecule has 9 heteroatoms. The van der Waals surface area contributed by atoms with Gasteiger partial charge in [-0.2, -0.15) is 0 Å². The third-order valence-electron chi connectivity index (χ3n) is 8.60. The molecule has 3 aliphatic rings. The molecule has 2 bridgehead atoms. The van der Waals surface area contributed by atoms with Crippen molar-refractivity contribution < 1.29 is 24.2 Å². The minimum Gasteiger partial charge on any atom is -0.494 e. The minimum absolute atomic E-state index is 0.0207. The fourth-order valence-electron chi connectivity index (χ4n) is 6.84. The zero-order valence-corrected chi connectivity index (χ0v) is 24.0. The van der Waals surface area contributed by atoms with Crippen LogP contribution in [0.5, 0.6) is 5.75 Å². The number of unbranched alkanes of at least 4 members (excludes halogenated alkanes) is 2. The van der Waals surface area contributed by atoms with Crippen LogP contribution in [0.25, 0.3) is 0 Å². The van der Waals surface area contributed by atoms with Crippen LogP contribution >= 0.6 is 11.8 Å². The Kier molecular flexibility index (Phi) is 8.71. The first-order chi connectivity index (χ1) is 19.4. The molecule has 1 spiro atoms. The average molecular weight is 566 g/mol. The standard InChI is InChI=1S/C31H39N3O5S/c1-3-39-23-14-12-22(13-15-23)33-28(36)25-24-18-20(2)31(40-24)26(25)30(38)34(16-8-5-9-17-35)27(31)29(37)32-19-21-10-6-4-7-11-21/h4,6-7,10-15,20,24-27,35H,3,5,8-9,16-19H2,1-2H3,(H,32,37)(H,33,36)/t20?,24-,25+,26+,27?,31?/m1/s1. The van der Waals surface area contributed by atoms with Gasteiger partial charge in [0.2, 0.25) is 17.7 Å². The molecular formula is C31H39N3O5S. The highest BCUT2D eigenvalue weighted by molar-refractivity contribution is 8.02. The number of nitrogens with zero attached hydrogens (tertiary/aromatic N) is 1. The zero-order chi connectivity index (χ0) is 28.3. The van der Waals surface area contributed by atoms with E-state index < -0.39 is 22.6 Å². The van der Waals surface area contributed by atoms with Crippen molar-refractivity contribution in [2.75, 3.05) is 25.1 Å². The van der Waals surface area contributed by atoms with E-state index in [1.807, 2.05) is 61.5 Å². The van der Waals surface area contributed by atoms with Gasteiger partial charge in [0.1, 0.15) is 11.8 Å². The number of benzene rings is 2. The maximum Gasteiger partial charge on any atom is 0.244 e. The van der Waals surface area contributed by atoms with Gasteiger partial charge in [0.05, 0.1) is 23.2 Å². The molecular weight excluding hydrogens is 526 g/mol.